The van der Waals surface area contributed by atoms with Crippen molar-refractivity contribution in [1.29, 1.82) is 0 Å². The second-order valence-electron chi connectivity index (χ2n) is 12.6. The number of Topliss-reactive ketones (excluding diaryl/α,β-unsaturated/α-hetero) is 2. The van der Waals surface area contributed by atoms with Crippen molar-refractivity contribution in [3.63, 3.8) is 0 Å². The molecule has 4 heteroatoms. The summed E-state index contributed by atoms with van der Waals surface area (Å²) in [5.74, 6) is 1.72. The predicted molar refractivity (Wildman–Crippen MR) is 137 cm³/mol. The lowest BCUT2D eigenvalue weighted by atomic mass is 9.60. The van der Waals surface area contributed by atoms with Crippen LogP contribution in [0.1, 0.15) is 98.8 Å². The van der Waals surface area contributed by atoms with Crippen molar-refractivity contribution in [1.82, 2.24) is 0 Å². The van der Waals surface area contributed by atoms with Crippen molar-refractivity contribution in [3.8, 4) is 0 Å². The summed E-state index contributed by atoms with van der Waals surface area (Å²) in [5.41, 5.74) is 3.00. The summed E-state index contributed by atoms with van der Waals surface area (Å²) in [7, 11) is 0. The van der Waals surface area contributed by atoms with Crippen LogP contribution in [0, 0.1) is 28.6 Å². The largest absolute Gasteiger partial charge is 0.393 e. The van der Waals surface area contributed by atoms with E-state index in [-0.39, 0.29) is 23.4 Å². The molecule has 0 heterocycles. The van der Waals surface area contributed by atoms with Gasteiger partial charge in [0.05, 0.1) is 18.6 Å². The van der Waals surface area contributed by atoms with Crippen LogP contribution in [-0.2, 0) is 9.59 Å². The summed E-state index contributed by atoms with van der Waals surface area (Å²) in [6, 6.07) is 0. The number of carbonyl (C=O) groups is 2. The van der Waals surface area contributed by atoms with Gasteiger partial charge in [0.1, 0.15) is 11.6 Å². The quantitative estimate of drug-likeness (QED) is 0.440. The van der Waals surface area contributed by atoms with Gasteiger partial charge in [-0.05, 0) is 79.3 Å². The van der Waals surface area contributed by atoms with Crippen molar-refractivity contribution < 1.29 is 19.8 Å². The van der Waals surface area contributed by atoms with Gasteiger partial charge in [-0.15, -0.1) is 0 Å². The summed E-state index contributed by atoms with van der Waals surface area (Å²) >= 11 is 0. The molecule has 190 valence electrons. The standard InChI is InChI=1S/C30H46O4/c1-19(9-12-23(31)18-28(34)29(3,4)5)25-13-14-26-21(8-7-15-30(25,26)6)10-11-22-16-24(32)17-27(33)20(22)2/h10-11,19,24-27,32-33H,2,7-9,12-18H2,1,3-6H3/b21-10+,22-11-/t19-,24-,25?,26?,27+,30-/m1/s1. The SMILES string of the molecule is C=C1/C(=C\C=C2/CCC[C@@]3(C)C2CCC3[C@H](C)CCC(=O)CC(=O)C(C)(C)C)C[C@@H](O)C[C@@H]1O. The van der Waals surface area contributed by atoms with E-state index in [0.29, 0.717) is 37.0 Å². The van der Waals surface area contributed by atoms with E-state index in [2.05, 4.69) is 32.6 Å². The van der Waals surface area contributed by atoms with Crippen LogP contribution < -0.4 is 0 Å². The molecule has 0 saturated heterocycles. The third-order valence-electron chi connectivity index (χ3n) is 9.06. The smallest absolute Gasteiger partial charge is 0.145 e. The van der Waals surface area contributed by atoms with Gasteiger partial charge in [-0.25, -0.2) is 0 Å². The monoisotopic (exact) mass is 470 g/mol. The van der Waals surface area contributed by atoms with Crippen molar-refractivity contribution in [2.24, 2.45) is 28.6 Å². The molecule has 0 aromatic rings. The number of fused-ring (bicyclic) bond motifs is 1. The minimum Gasteiger partial charge on any atom is -0.393 e. The number of rotatable bonds is 7. The molecule has 3 saturated carbocycles. The molecule has 6 atom stereocenters. The van der Waals surface area contributed by atoms with Gasteiger partial charge in [0.25, 0.3) is 0 Å². The molecule has 3 aliphatic rings. The molecule has 0 aromatic carbocycles. The molecule has 4 nitrogen and oxygen atoms in total. The highest BCUT2D eigenvalue weighted by Crippen LogP contribution is 2.59. The molecule has 0 aromatic heterocycles. The summed E-state index contributed by atoms with van der Waals surface area (Å²) in [5, 5.41) is 20.2. The second-order valence-corrected chi connectivity index (χ2v) is 12.6. The van der Waals surface area contributed by atoms with E-state index >= 15 is 0 Å². The number of aliphatic hydroxyl groups is 2. The molecule has 0 spiro atoms. The highest BCUT2D eigenvalue weighted by molar-refractivity contribution is 6.01. The zero-order chi connectivity index (χ0) is 25.3. The highest BCUT2D eigenvalue weighted by atomic mass is 16.3. The maximum absolute atomic E-state index is 12.5. The third kappa shape index (κ3) is 5.99. The Balaban J connectivity index is 1.65. The van der Waals surface area contributed by atoms with Crippen LogP contribution in [-0.4, -0.2) is 34.0 Å². The summed E-state index contributed by atoms with van der Waals surface area (Å²) < 4.78 is 0. The fraction of sp³-hybridized carbons (Fsp3) is 0.733. The molecule has 0 aliphatic heterocycles. The molecule has 3 rings (SSSR count). The van der Waals surface area contributed by atoms with Gasteiger partial charge in [0.2, 0.25) is 0 Å². The van der Waals surface area contributed by atoms with Gasteiger partial charge in [0, 0.05) is 18.3 Å². The number of carbonyl (C=O) groups excluding carboxylic acids is 2. The highest BCUT2D eigenvalue weighted by Gasteiger charge is 2.50. The fourth-order valence-electron chi connectivity index (χ4n) is 6.80. The van der Waals surface area contributed by atoms with Gasteiger partial charge in [-0.1, -0.05) is 58.9 Å². The van der Waals surface area contributed by atoms with Gasteiger partial charge < -0.3 is 10.2 Å². The lowest BCUT2D eigenvalue weighted by Crippen LogP contribution is -2.36. The number of aliphatic hydroxyl groups excluding tert-OH is 2. The van der Waals surface area contributed by atoms with Gasteiger partial charge in [0.15, 0.2) is 0 Å². The van der Waals surface area contributed by atoms with Crippen LogP contribution in [0.2, 0.25) is 0 Å². The van der Waals surface area contributed by atoms with E-state index in [1.165, 1.54) is 31.3 Å². The zero-order valence-corrected chi connectivity index (χ0v) is 22.0. The lowest BCUT2D eigenvalue weighted by Gasteiger charge is -2.44. The fourth-order valence-corrected chi connectivity index (χ4v) is 6.80. The Bertz CT molecular complexity index is 858. The first-order chi connectivity index (χ1) is 15.8. The Morgan fingerprint density at radius 2 is 1.91 bits per heavy atom. The Labute approximate surface area is 206 Å². The average Bonchev–Trinajstić information content (AvgIpc) is 3.10. The van der Waals surface area contributed by atoms with Gasteiger partial charge in [-0.2, -0.15) is 0 Å². The predicted octanol–water partition coefficient (Wildman–Crippen LogP) is 6.12. The van der Waals surface area contributed by atoms with Crippen LogP contribution in [0.4, 0.5) is 0 Å². The Morgan fingerprint density at radius 1 is 1.21 bits per heavy atom. The van der Waals surface area contributed by atoms with E-state index in [1.807, 2.05) is 20.8 Å². The van der Waals surface area contributed by atoms with Crippen LogP contribution in [0.3, 0.4) is 0 Å². The van der Waals surface area contributed by atoms with E-state index in [9.17, 15) is 19.8 Å². The molecular formula is C30H46O4. The first kappa shape index (κ1) is 27.1. The first-order valence-electron chi connectivity index (χ1n) is 13.3. The van der Waals surface area contributed by atoms with Crippen molar-refractivity contribution in [2.75, 3.05) is 0 Å². The number of hydrogen-bond donors (Lipinski definition) is 2. The average molecular weight is 471 g/mol. The van der Waals surface area contributed by atoms with Gasteiger partial charge in [-0.3, -0.25) is 9.59 Å². The normalized spacial score (nSPS) is 35.4. The third-order valence-corrected chi connectivity index (χ3v) is 9.06. The maximum atomic E-state index is 12.5. The number of ketones is 2. The Hall–Kier alpha value is -1.52. The molecule has 3 aliphatic carbocycles. The number of allylic oxidation sites excluding steroid dienone is 3. The minimum absolute atomic E-state index is 0.0370. The lowest BCUT2D eigenvalue weighted by molar-refractivity contribution is -0.131. The molecule has 3 fully saturated rings. The van der Waals surface area contributed by atoms with E-state index in [1.54, 1.807) is 0 Å². The minimum atomic E-state index is -0.650. The molecule has 0 amide bonds. The summed E-state index contributed by atoms with van der Waals surface area (Å²) in [6.07, 6.45) is 11.4. The van der Waals surface area contributed by atoms with E-state index in [4.69, 9.17) is 0 Å². The molecule has 0 radical (unpaired) electrons. The second kappa shape index (κ2) is 10.6. The van der Waals surface area contributed by atoms with E-state index in [0.717, 1.165) is 24.0 Å². The first-order valence-corrected chi connectivity index (χ1v) is 13.3. The van der Waals surface area contributed by atoms with Crippen LogP contribution in [0.25, 0.3) is 0 Å². The maximum Gasteiger partial charge on any atom is 0.145 e. The van der Waals surface area contributed by atoms with Crippen molar-refractivity contribution in [3.05, 3.63) is 35.5 Å². The Kier molecular flexibility index (Phi) is 8.46. The molecule has 34 heavy (non-hydrogen) atoms. The summed E-state index contributed by atoms with van der Waals surface area (Å²) in [6.45, 7) is 14.4. The van der Waals surface area contributed by atoms with E-state index < -0.39 is 17.6 Å². The topological polar surface area (TPSA) is 74.6 Å². The van der Waals surface area contributed by atoms with Crippen molar-refractivity contribution >= 4 is 11.6 Å². The van der Waals surface area contributed by atoms with Crippen LogP contribution >= 0.6 is 0 Å². The summed E-state index contributed by atoms with van der Waals surface area (Å²) in [4.78, 5) is 24.7. The van der Waals surface area contributed by atoms with Crippen LogP contribution in [0.15, 0.2) is 35.5 Å². The molecule has 2 N–H and O–H groups in total. The zero-order valence-electron chi connectivity index (χ0n) is 22.0. The van der Waals surface area contributed by atoms with Crippen LogP contribution in [0.5, 0.6) is 0 Å². The van der Waals surface area contributed by atoms with Crippen molar-refractivity contribution in [2.45, 2.75) is 111 Å². The Morgan fingerprint density at radius 3 is 2.59 bits per heavy atom. The van der Waals surface area contributed by atoms with Gasteiger partial charge >= 0.3 is 0 Å². The molecule has 2 unspecified atom stereocenters. The molecule has 0 bridgehead atoms. The number of hydrogen-bond acceptors (Lipinski definition) is 4. The molecular weight excluding hydrogens is 424 g/mol.